The van der Waals surface area contributed by atoms with Gasteiger partial charge in [-0.25, -0.2) is 9.97 Å². The van der Waals surface area contributed by atoms with E-state index >= 15 is 0 Å². The summed E-state index contributed by atoms with van der Waals surface area (Å²) in [6, 6.07) is 14.7. The molecule has 10 heteroatoms. The van der Waals surface area contributed by atoms with Crippen LogP contribution in [0, 0.1) is 0 Å². The summed E-state index contributed by atoms with van der Waals surface area (Å²) in [5, 5.41) is 9.36. The molecule has 34 heavy (non-hydrogen) atoms. The minimum atomic E-state index is -0.293. The lowest BCUT2D eigenvalue weighted by Gasteiger charge is -2.12. The minimum Gasteiger partial charge on any atom is -0.492 e. The van der Waals surface area contributed by atoms with E-state index in [1.54, 1.807) is 30.7 Å². The van der Waals surface area contributed by atoms with Crippen molar-refractivity contribution in [3.8, 4) is 5.75 Å². The fourth-order valence-electron chi connectivity index (χ4n) is 2.97. The lowest BCUT2D eigenvalue weighted by Crippen LogP contribution is -2.07. The third-order valence-electron chi connectivity index (χ3n) is 4.61. The summed E-state index contributed by atoms with van der Waals surface area (Å²) in [7, 11) is 0. The molecule has 4 aromatic rings. The van der Waals surface area contributed by atoms with Crippen molar-refractivity contribution >= 4 is 46.3 Å². The largest absolute Gasteiger partial charge is 0.492 e. The Balaban J connectivity index is 1.37. The zero-order valence-corrected chi connectivity index (χ0v) is 18.9. The maximum atomic E-state index is 11.5. The van der Waals surface area contributed by atoms with Crippen LogP contribution in [0.1, 0.15) is 0 Å². The number of halogens is 1. The van der Waals surface area contributed by atoms with Gasteiger partial charge in [-0.05, 0) is 48.5 Å². The Morgan fingerprint density at radius 3 is 2.71 bits per heavy atom. The molecule has 2 heterocycles. The van der Waals surface area contributed by atoms with Crippen LogP contribution < -0.4 is 20.7 Å². The number of imidazole rings is 1. The summed E-state index contributed by atoms with van der Waals surface area (Å²) in [4.78, 5) is 24.2. The SMILES string of the molecule is C=CC(=O)Nc1cccc(Nc2nc(Nc3ccc(OCCn4ccnc4)cc3)ncc2Cl)c1. The summed E-state index contributed by atoms with van der Waals surface area (Å²) in [5.74, 6) is 1.26. The van der Waals surface area contributed by atoms with Crippen LogP contribution in [0.2, 0.25) is 5.02 Å². The number of benzene rings is 2. The molecule has 172 valence electrons. The normalized spacial score (nSPS) is 10.4. The topological polar surface area (TPSA) is 106 Å². The molecular formula is C24H22ClN7O2. The highest BCUT2D eigenvalue weighted by molar-refractivity contribution is 6.32. The van der Waals surface area contributed by atoms with Crippen molar-refractivity contribution in [2.24, 2.45) is 0 Å². The molecule has 0 aliphatic rings. The molecule has 1 amide bonds. The molecule has 0 fully saturated rings. The highest BCUT2D eigenvalue weighted by atomic mass is 35.5. The van der Waals surface area contributed by atoms with Gasteiger partial charge in [-0.1, -0.05) is 24.2 Å². The van der Waals surface area contributed by atoms with E-state index in [9.17, 15) is 4.79 Å². The average molecular weight is 476 g/mol. The van der Waals surface area contributed by atoms with Gasteiger partial charge in [0.2, 0.25) is 11.9 Å². The highest BCUT2D eigenvalue weighted by Gasteiger charge is 2.08. The molecular weight excluding hydrogens is 454 g/mol. The molecule has 3 N–H and O–H groups in total. The molecule has 0 saturated carbocycles. The van der Waals surface area contributed by atoms with Gasteiger partial charge < -0.3 is 25.3 Å². The molecule has 0 saturated heterocycles. The molecule has 2 aromatic heterocycles. The van der Waals surface area contributed by atoms with Crippen LogP contribution in [-0.2, 0) is 11.3 Å². The van der Waals surface area contributed by atoms with E-state index in [1.807, 2.05) is 41.1 Å². The smallest absolute Gasteiger partial charge is 0.247 e. The molecule has 0 bridgehead atoms. The van der Waals surface area contributed by atoms with Crippen LogP contribution in [-0.4, -0.2) is 32.0 Å². The Hall–Kier alpha value is -4.37. The van der Waals surface area contributed by atoms with Gasteiger partial charge in [0.05, 0.1) is 19.1 Å². The molecule has 0 aliphatic heterocycles. The molecule has 0 spiro atoms. The van der Waals surface area contributed by atoms with E-state index < -0.39 is 0 Å². The van der Waals surface area contributed by atoms with Crippen LogP contribution in [0.3, 0.4) is 0 Å². The van der Waals surface area contributed by atoms with Crippen LogP contribution in [0.15, 0.2) is 86.1 Å². The van der Waals surface area contributed by atoms with Crippen molar-refractivity contribution in [2.75, 3.05) is 22.6 Å². The standard InChI is InChI=1S/C24H22ClN7O2/c1-2-22(33)28-18-4-3-5-19(14-18)29-23-21(25)15-27-24(31-23)30-17-6-8-20(9-7-17)34-13-12-32-11-10-26-16-32/h2-11,14-16H,1,12-13H2,(H,28,33)(H2,27,29,30,31). The molecule has 2 aromatic carbocycles. The minimum absolute atomic E-state index is 0.293. The molecule has 9 nitrogen and oxygen atoms in total. The Bertz CT molecular complexity index is 1260. The maximum absolute atomic E-state index is 11.5. The van der Waals surface area contributed by atoms with Crippen molar-refractivity contribution < 1.29 is 9.53 Å². The Kier molecular flexibility index (Phi) is 7.36. The van der Waals surface area contributed by atoms with Gasteiger partial charge in [0.1, 0.15) is 17.4 Å². The van der Waals surface area contributed by atoms with Crippen molar-refractivity contribution in [2.45, 2.75) is 6.54 Å². The third-order valence-corrected chi connectivity index (χ3v) is 4.89. The zero-order valence-electron chi connectivity index (χ0n) is 18.1. The van der Waals surface area contributed by atoms with Crippen LogP contribution in [0.5, 0.6) is 5.75 Å². The van der Waals surface area contributed by atoms with Crippen molar-refractivity contribution in [3.05, 3.63) is 91.1 Å². The first-order valence-electron chi connectivity index (χ1n) is 10.4. The van der Waals surface area contributed by atoms with Gasteiger partial charge in [-0.15, -0.1) is 0 Å². The first-order chi connectivity index (χ1) is 16.6. The van der Waals surface area contributed by atoms with E-state index in [2.05, 4.69) is 37.5 Å². The number of hydrogen-bond donors (Lipinski definition) is 3. The summed E-state index contributed by atoms with van der Waals surface area (Å²) in [6.45, 7) is 4.71. The molecule has 0 aliphatic carbocycles. The van der Waals surface area contributed by atoms with Gasteiger partial charge in [0.25, 0.3) is 0 Å². The monoisotopic (exact) mass is 475 g/mol. The average Bonchev–Trinajstić information content (AvgIpc) is 3.36. The molecule has 0 radical (unpaired) electrons. The fraction of sp³-hybridized carbons (Fsp3) is 0.0833. The number of anilines is 5. The molecule has 4 rings (SSSR count). The second kappa shape index (κ2) is 11.0. The van der Waals surface area contributed by atoms with Crippen molar-refractivity contribution in [3.63, 3.8) is 0 Å². The maximum Gasteiger partial charge on any atom is 0.247 e. The Labute approximate surface area is 201 Å². The lowest BCUT2D eigenvalue weighted by molar-refractivity contribution is -0.111. The fourth-order valence-corrected chi connectivity index (χ4v) is 3.11. The highest BCUT2D eigenvalue weighted by Crippen LogP contribution is 2.26. The summed E-state index contributed by atoms with van der Waals surface area (Å²) >= 11 is 6.28. The van der Waals surface area contributed by atoms with Crippen molar-refractivity contribution in [1.82, 2.24) is 19.5 Å². The second-order valence-corrected chi connectivity index (χ2v) is 7.49. The number of aromatic nitrogens is 4. The van der Waals surface area contributed by atoms with Gasteiger partial charge in [-0.3, -0.25) is 4.79 Å². The molecule has 0 atom stereocenters. The zero-order chi connectivity index (χ0) is 23.8. The van der Waals surface area contributed by atoms with E-state index in [0.717, 1.165) is 18.0 Å². The number of ether oxygens (including phenoxy) is 1. The summed E-state index contributed by atoms with van der Waals surface area (Å²) < 4.78 is 7.71. The first-order valence-corrected chi connectivity index (χ1v) is 10.8. The number of hydrogen-bond acceptors (Lipinski definition) is 7. The van der Waals surface area contributed by atoms with Gasteiger partial charge in [-0.2, -0.15) is 4.98 Å². The number of amides is 1. The van der Waals surface area contributed by atoms with Gasteiger partial charge >= 0.3 is 0 Å². The number of carbonyl (C=O) groups is 1. The summed E-state index contributed by atoms with van der Waals surface area (Å²) in [5.41, 5.74) is 2.11. The summed E-state index contributed by atoms with van der Waals surface area (Å²) in [6.07, 6.45) is 8.10. The predicted molar refractivity (Wildman–Crippen MR) is 133 cm³/mol. The van der Waals surface area contributed by atoms with Crippen LogP contribution in [0.4, 0.5) is 28.8 Å². The van der Waals surface area contributed by atoms with E-state index in [0.29, 0.717) is 34.8 Å². The van der Waals surface area contributed by atoms with E-state index in [4.69, 9.17) is 16.3 Å². The van der Waals surface area contributed by atoms with Crippen LogP contribution in [0.25, 0.3) is 0 Å². The van der Waals surface area contributed by atoms with Gasteiger partial charge in [0.15, 0.2) is 5.82 Å². The quantitative estimate of drug-likeness (QED) is 0.276. The number of carbonyl (C=O) groups excluding carboxylic acids is 1. The predicted octanol–water partition coefficient (Wildman–Crippen LogP) is 5.02. The molecule has 0 unspecified atom stereocenters. The van der Waals surface area contributed by atoms with Crippen molar-refractivity contribution in [1.29, 1.82) is 0 Å². The van der Waals surface area contributed by atoms with Crippen LogP contribution >= 0.6 is 11.6 Å². The van der Waals surface area contributed by atoms with Gasteiger partial charge in [0, 0.05) is 29.5 Å². The third kappa shape index (κ3) is 6.33. The number of rotatable bonds is 10. The van der Waals surface area contributed by atoms with E-state index in [1.165, 1.54) is 12.3 Å². The Morgan fingerprint density at radius 2 is 1.94 bits per heavy atom. The lowest BCUT2D eigenvalue weighted by atomic mass is 10.2. The second-order valence-electron chi connectivity index (χ2n) is 7.09. The first kappa shape index (κ1) is 22.8. The van der Waals surface area contributed by atoms with E-state index in [-0.39, 0.29) is 5.91 Å². The Morgan fingerprint density at radius 1 is 1.12 bits per heavy atom. The number of nitrogens with one attached hydrogen (secondary N) is 3. The number of nitrogens with zero attached hydrogens (tertiary/aromatic N) is 4.